The minimum absolute atomic E-state index is 0.00855. The maximum Gasteiger partial charge on any atom is 0.412 e. The molecule has 10 atom stereocenters. The molecule has 0 aliphatic carbocycles. The molecule has 2 aromatic carbocycles. The van der Waals surface area contributed by atoms with Crippen LogP contribution >= 0.6 is 23.2 Å². The molecule has 0 saturated carbocycles. The number of allylic oxidation sites excluding steroid dienone is 3. The van der Waals surface area contributed by atoms with Crippen molar-refractivity contribution in [2.45, 2.75) is 167 Å². The van der Waals surface area contributed by atoms with Crippen molar-refractivity contribution in [2.75, 3.05) is 44.6 Å². The van der Waals surface area contributed by atoms with E-state index in [1.807, 2.05) is 26.8 Å². The van der Waals surface area contributed by atoms with Gasteiger partial charge in [-0.3, -0.25) is 43.8 Å². The molecule has 6 N–H and O–H groups in total. The summed E-state index contributed by atoms with van der Waals surface area (Å²) < 4.78 is 29.6. The number of carbonyl (C=O) groups is 9. The molecule has 23 heteroatoms. The molecule has 0 aromatic heterocycles. The number of benzene rings is 2. The van der Waals surface area contributed by atoms with Crippen LogP contribution in [0.4, 0.5) is 21.0 Å². The van der Waals surface area contributed by atoms with E-state index in [-0.39, 0.29) is 103 Å². The monoisotopic (exact) mass is 1190 g/mol. The molecule has 1 unspecified atom stereocenters. The summed E-state index contributed by atoms with van der Waals surface area (Å²) in [5.41, 5.74) is 4.81. The first-order valence-electron chi connectivity index (χ1n) is 28.3. The van der Waals surface area contributed by atoms with Crippen LogP contribution in [-0.4, -0.2) is 139 Å². The van der Waals surface area contributed by atoms with Gasteiger partial charge in [0, 0.05) is 87.8 Å². The van der Waals surface area contributed by atoms with Gasteiger partial charge < -0.3 is 50.1 Å². The largest absolute Gasteiger partial charge is 0.495 e. The number of hydrogen-bond acceptors (Lipinski definition) is 15. The number of nitrogens with one attached hydrogen (secondary N) is 3. The van der Waals surface area contributed by atoms with Gasteiger partial charge in [-0.05, 0) is 87.3 Å². The van der Waals surface area contributed by atoms with Crippen LogP contribution in [0, 0.1) is 23.7 Å². The Morgan fingerprint density at radius 2 is 1.71 bits per heavy atom. The Labute approximate surface area is 495 Å². The molecule has 4 heterocycles. The first-order valence-corrected chi connectivity index (χ1v) is 29.0. The SMILES string of the molecule is COc1cc2cc(c1Cl)N(C)C(=O)C[C@H](OC(=O)Nc1ccc(CC(=O)[C@H](CCCNC(N)=O)NC(=O)[C@@H](CC(=O)CCCCCN3C(=O)CC(C)C3=O)C(C)C)c(Cl)c1)[C@]1(C)O[C@H]1[C@H](C)[C@@H]1C[C@@](O)(CC(=O)O1)[C@H](OC)/C=C/C=C(\C)C2. The van der Waals surface area contributed by atoms with Crippen molar-refractivity contribution in [3.63, 3.8) is 0 Å². The second-order valence-corrected chi connectivity index (χ2v) is 23.8. The van der Waals surface area contributed by atoms with Gasteiger partial charge in [0.15, 0.2) is 5.78 Å². The number of methoxy groups -OCH3 is 2. The minimum atomic E-state index is -1.65. The van der Waals surface area contributed by atoms with Crippen molar-refractivity contribution in [3.05, 3.63) is 75.3 Å². The number of esters is 1. The fourth-order valence-corrected chi connectivity index (χ4v) is 11.7. The van der Waals surface area contributed by atoms with Gasteiger partial charge in [0.2, 0.25) is 23.6 Å². The topological polar surface area (TPSA) is 292 Å². The van der Waals surface area contributed by atoms with E-state index in [0.29, 0.717) is 49.2 Å². The predicted octanol–water partition coefficient (Wildman–Crippen LogP) is 7.51. The van der Waals surface area contributed by atoms with Gasteiger partial charge >= 0.3 is 18.1 Å². The van der Waals surface area contributed by atoms with E-state index in [1.165, 1.54) is 49.3 Å². The number of anilines is 2. The number of imide groups is 1. The van der Waals surface area contributed by atoms with Gasteiger partial charge in [-0.2, -0.15) is 0 Å². The Hall–Kier alpha value is -6.39. The molecule has 0 radical (unpaired) electrons. The molecule has 21 nitrogen and oxygen atoms in total. The number of Topliss-reactive ketones (excluding diaryl/α,β-unsaturated/α-hetero) is 2. The fourth-order valence-electron chi connectivity index (χ4n) is 11.2. The number of primary amides is 1. The maximum atomic E-state index is 14.4. The van der Waals surface area contributed by atoms with Crippen LogP contribution in [0.2, 0.25) is 10.0 Å². The fraction of sp³-hybridized carbons (Fsp3) is 0.583. The molecule has 7 amide bonds. The summed E-state index contributed by atoms with van der Waals surface area (Å²) in [6, 6.07) is 6.16. The third kappa shape index (κ3) is 17.1. The van der Waals surface area contributed by atoms with Crippen LogP contribution in [-0.2, 0) is 65.4 Å². The Kier molecular flexibility index (Phi) is 22.9. The number of carbonyl (C=O) groups excluding carboxylic acids is 9. The number of ether oxygens (including phenoxy) is 5. The highest BCUT2D eigenvalue weighted by Crippen LogP contribution is 2.50. The molecule has 454 valence electrons. The van der Waals surface area contributed by atoms with Crippen molar-refractivity contribution >= 4 is 87.9 Å². The molecule has 4 aliphatic rings. The Morgan fingerprint density at radius 1 is 0.976 bits per heavy atom. The number of epoxide rings is 1. The molecule has 3 saturated heterocycles. The molecule has 4 aliphatic heterocycles. The third-order valence-electron chi connectivity index (χ3n) is 16.2. The highest BCUT2D eigenvalue weighted by atomic mass is 35.5. The number of amides is 7. The Balaban J connectivity index is 1.16. The number of hydrogen-bond donors (Lipinski definition) is 5. The number of fused-ring (bicyclic) bond motifs is 5. The molecule has 6 rings (SSSR count). The number of aliphatic hydroxyl groups is 1. The van der Waals surface area contributed by atoms with E-state index in [2.05, 4.69) is 16.0 Å². The Morgan fingerprint density at radius 3 is 2.36 bits per heavy atom. The van der Waals surface area contributed by atoms with Crippen LogP contribution in [0.15, 0.2) is 54.1 Å². The number of urea groups is 1. The smallest absolute Gasteiger partial charge is 0.412 e. The number of halogens is 2. The van der Waals surface area contributed by atoms with Gasteiger partial charge in [0.25, 0.3) is 0 Å². The average Bonchev–Trinajstić information content (AvgIpc) is 4.10. The highest BCUT2D eigenvalue weighted by molar-refractivity contribution is 6.35. The Bertz CT molecular complexity index is 2840. The summed E-state index contributed by atoms with van der Waals surface area (Å²) in [4.78, 5) is 121. The lowest BCUT2D eigenvalue weighted by Crippen LogP contribution is -2.53. The first-order chi connectivity index (χ1) is 39.2. The predicted molar refractivity (Wildman–Crippen MR) is 310 cm³/mol. The number of nitrogens with zero attached hydrogens (tertiary/aromatic N) is 2. The lowest BCUT2D eigenvalue weighted by atomic mass is 9.78. The van der Waals surface area contributed by atoms with Gasteiger partial charge in [-0.1, -0.05) is 87.2 Å². The van der Waals surface area contributed by atoms with Crippen molar-refractivity contribution in [1.29, 1.82) is 0 Å². The summed E-state index contributed by atoms with van der Waals surface area (Å²) in [6.45, 7) is 11.1. The summed E-state index contributed by atoms with van der Waals surface area (Å²) in [6.07, 6.45) is 2.36. The zero-order chi connectivity index (χ0) is 61.1. The highest BCUT2D eigenvalue weighted by Gasteiger charge is 2.64. The zero-order valence-corrected chi connectivity index (χ0v) is 50.3. The molecule has 0 spiro atoms. The van der Waals surface area contributed by atoms with Crippen molar-refractivity contribution in [1.82, 2.24) is 15.5 Å². The van der Waals surface area contributed by atoms with Crippen LogP contribution < -0.4 is 31.3 Å². The van der Waals surface area contributed by atoms with Crippen LogP contribution in [0.3, 0.4) is 0 Å². The number of unbranched alkanes of at least 4 members (excludes halogenated alkanes) is 2. The second-order valence-electron chi connectivity index (χ2n) is 23.0. The summed E-state index contributed by atoms with van der Waals surface area (Å²) in [5.74, 6) is -4.19. The summed E-state index contributed by atoms with van der Waals surface area (Å²) in [7, 11) is 4.45. The maximum absolute atomic E-state index is 14.4. The van der Waals surface area contributed by atoms with Crippen LogP contribution in [0.25, 0.3) is 0 Å². The van der Waals surface area contributed by atoms with E-state index in [4.69, 9.17) is 52.6 Å². The summed E-state index contributed by atoms with van der Waals surface area (Å²) >= 11 is 13.6. The molecular weight excluding hydrogens is 1120 g/mol. The van der Waals surface area contributed by atoms with Gasteiger partial charge in [0.05, 0.1) is 37.8 Å². The molecule has 83 heavy (non-hydrogen) atoms. The third-order valence-corrected chi connectivity index (χ3v) is 16.9. The molecule has 2 aromatic rings. The molecular formula is C60H80Cl2N6O15. The lowest BCUT2D eigenvalue weighted by Gasteiger charge is -2.41. The van der Waals surface area contributed by atoms with E-state index in [0.717, 1.165) is 11.1 Å². The average molecular weight is 1200 g/mol. The number of ketones is 2. The van der Waals surface area contributed by atoms with Crippen molar-refractivity contribution in [3.8, 4) is 5.75 Å². The first kappa shape index (κ1) is 65.8. The number of likely N-dealkylation sites (tertiary alicyclic amines) is 1. The van der Waals surface area contributed by atoms with Crippen molar-refractivity contribution in [2.24, 2.45) is 29.4 Å². The quantitative estimate of drug-likeness (QED) is 0.0330. The summed E-state index contributed by atoms with van der Waals surface area (Å²) in [5, 5.41) is 20.3. The zero-order valence-electron chi connectivity index (χ0n) is 48.8. The van der Waals surface area contributed by atoms with E-state index in [9.17, 15) is 48.3 Å². The number of nitrogens with two attached hydrogens (primary N) is 1. The molecule has 4 bridgehead atoms. The number of rotatable bonds is 22. The van der Waals surface area contributed by atoms with Crippen LogP contribution in [0.5, 0.6) is 5.75 Å². The normalized spacial score (nSPS) is 26.4. The van der Waals surface area contributed by atoms with E-state index >= 15 is 0 Å². The van der Waals surface area contributed by atoms with Crippen molar-refractivity contribution < 1.29 is 71.9 Å². The molecule has 3 fully saturated rings. The van der Waals surface area contributed by atoms with E-state index in [1.54, 1.807) is 45.1 Å². The van der Waals surface area contributed by atoms with Gasteiger partial charge in [0.1, 0.15) is 46.1 Å². The minimum Gasteiger partial charge on any atom is -0.495 e. The van der Waals surface area contributed by atoms with Gasteiger partial charge in [-0.15, -0.1) is 0 Å². The van der Waals surface area contributed by atoms with E-state index < -0.39 is 95.6 Å². The lowest BCUT2D eigenvalue weighted by molar-refractivity contribution is -0.187. The van der Waals surface area contributed by atoms with Crippen LogP contribution in [0.1, 0.15) is 123 Å². The second kappa shape index (κ2) is 28.9. The van der Waals surface area contributed by atoms with Gasteiger partial charge in [-0.25, -0.2) is 9.59 Å². The standard InChI is InChI=1S/C60H80Cl2N6O15/c1-33(2)41(29-40(69)16-11-10-12-22-68-51(72)24-35(4)56(68)75)55(74)66-43(17-14-21-64-57(63)76)45(70)27-38-19-20-39(28-42(38)61)65-58(77)82-49-30-50(71)67(7)44-25-37(26-46(79-8)53(44)62)23-34(3)15-13-18-48(80-9)60(78)31-47(81-52(73)32-60)36(5)54-59(49,6)83-54/h13,15,18-20,25-26,28,33,35-36,41,43,47-49,54,78H,10-12,14,16-17,21-24,27,29-32H2,1-9H3,(H,65,77)(H,66,74)(H3,63,64,76)/b18-13+,34-15+/t35?,36-,41+,43+,47+,48-,49+,54+,59+,60-/m1/s1.